The molecule has 0 unspecified atom stereocenters. The van der Waals surface area contributed by atoms with Gasteiger partial charge in [0.05, 0.1) is 10.5 Å². The number of rotatable bonds is 7. The van der Waals surface area contributed by atoms with Gasteiger partial charge in [0.15, 0.2) is 16.4 Å². The molecule has 6 nitrogen and oxygen atoms in total. The molecule has 0 aliphatic heterocycles. The van der Waals surface area contributed by atoms with Crippen LogP contribution in [0.2, 0.25) is 0 Å². The summed E-state index contributed by atoms with van der Waals surface area (Å²) < 4.78 is 28.4. The lowest BCUT2D eigenvalue weighted by atomic mass is 9.99. The van der Waals surface area contributed by atoms with Crippen molar-refractivity contribution in [2.45, 2.75) is 38.0 Å². The van der Waals surface area contributed by atoms with Gasteiger partial charge >= 0.3 is 5.97 Å². The number of hydrogen-bond donors (Lipinski definition) is 1. The third-order valence-electron chi connectivity index (χ3n) is 4.57. The van der Waals surface area contributed by atoms with Gasteiger partial charge in [-0.1, -0.05) is 32.0 Å². The van der Waals surface area contributed by atoms with Gasteiger partial charge in [-0.3, -0.25) is 4.79 Å². The van der Waals surface area contributed by atoms with Crippen LogP contribution in [0.1, 0.15) is 47.7 Å². The summed E-state index contributed by atoms with van der Waals surface area (Å²) in [5.74, 6) is -0.775. The Morgan fingerprint density at radius 3 is 2.32 bits per heavy atom. The number of carbonyl (C=O) groups is 2. The van der Waals surface area contributed by atoms with E-state index in [1.54, 1.807) is 19.1 Å². The highest BCUT2D eigenvalue weighted by molar-refractivity contribution is 7.90. The summed E-state index contributed by atoms with van der Waals surface area (Å²) >= 11 is 0. The number of sulfone groups is 1. The fourth-order valence-electron chi connectivity index (χ4n) is 2.59. The van der Waals surface area contributed by atoms with Gasteiger partial charge in [0.25, 0.3) is 5.91 Å². The minimum Gasteiger partial charge on any atom is -0.452 e. The van der Waals surface area contributed by atoms with Gasteiger partial charge in [0.1, 0.15) is 0 Å². The molecule has 2 aromatic carbocycles. The van der Waals surface area contributed by atoms with E-state index in [-0.39, 0.29) is 10.5 Å². The van der Waals surface area contributed by atoms with Gasteiger partial charge in [0.2, 0.25) is 0 Å². The second kappa shape index (κ2) is 9.01. The molecule has 0 saturated carbocycles. The lowest BCUT2D eigenvalue weighted by Gasteiger charge is -2.11. The van der Waals surface area contributed by atoms with E-state index in [1.165, 1.54) is 23.8 Å². The molecule has 1 amide bonds. The lowest BCUT2D eigenvalue weighted by Crippen LogP contribution is -2.21. The molecule has 0 fully saturated rings. The molecule has 1 N–H and O–H groups in total. The third-order valence-corrected chi connectivity index (χ3v) is 5.68. The molecule has 28 heavy (non-hydrogen) atoms. The van der Waals surface area contributed by atoms with Crippen molar-refractivity contribution in [3.63, 3.8) is 0 Å². The normalized spacial score (nSPS) is 12.3. The number of carbonyl (C=O) groups excluding carboxylic acids is 2. The number of nitrogens with one attached hydrogen (secondary N) is 1. The Bertz CT molecular complexity index is 965. The molecule has 0 heterocycles. The molecule has 0 aliphatic carbocycles. The number of amides is 1. The zero-order chi connectivity index (χ0) is 20.9. The van der Waals surface area contributed by atoms with E-state index in [4.69, 9.17) is 4.74 Å². The molecular formula is C21H25NO5S. The van der Waals surface area contributed by atoms with Gasteiger partial charge in [0, 0.05) is 11.9 Å². The van der Waals surface area contributed by atoms with Crippen LogP contribution in [0.4, 0.5) is 5.69 Å². The van der Waals surface area contributed by atoms with Crippen molar-refractivity contribution in [1.29, 1.82) is 0 Å². The SMILES string of the molecule is CC[C@@H](C)c1ccc(NC(=O)COC(=O)c2cc(S(C)(=O)=O)ccc2C)cc1. The van der Waals surface area contributed by atoms with E-state index >= 15 is 0 Å². The minimum absolute atomic E-state index is 0.0240. The van der Waals surface area contributed by atoms with Crippen LogP contribution in [0.5, 0.6) is 0 Å². The van der Waals surface area contributed by atoms with Crippen molar-refractivity contribution in [3.8, 4) is 0 Å². The Morgan fingerprint density at radius 1 is 1.11 bits per heavy atom. The zero-order valence-electron chi connectivity index (χ0n) is 16.5. The summed E-state index contributed by atoms with van der Waals surface area (Å²) in [6.45, 7) is 5.45. The molecular weight excluding hydrogens is 378 g/mol. The van der Waals surface area contributed by atoms with Crippen LogP contribution in [-0.2, 0) is 19.4 Å². The first-order valence-corrected chi connectivity index (χ1v) is 10.9. The second-order valence-electron chi connectivity index (χ2n) is 6.80. The van der Waals surface area contributed by atoms with Crippen LogP contribution in [0, 0.1) is 6.92 Å². The summed E-state index contributed by atoms with van der Waals surface area (Å²) in [4.78, 5) is 24.3. The van der Waals surface area contributed by atoms with Crippen LogP contribution in [-0.4, -0.2) is 33.2 Å². The maximum absolute atomic E-state index is 12.3. The lowest BCUT2D eigenvalue weighted by molar-refractivity contribution is -0.119. The molecule has 150 valence electrons. The van der Waals surface area contributed by atoms with Gasteiger partial charge < -0.3 is 10.1 Å². The second-order valence-corrected chi connectivity index (χ2v) is 8.82. The van der Waals surface area contributed by atoms with Gasteiger partial charge in [-0.15, -0.1) is 0 Å². The Kier molecular flexibility index (Phi) is 6.96. The highest BCUT2D eigenvalue weighted by Crippen LogP contribution is 2.20. The van der Waals surface area contributed by atoms with Crippen LogP contribution >= 0.6 is 0 Å². The molecule has 0 aliphatic rings. The first-order valence-electron chi connectivity index (χ1n) is 8.99. The topological polar surface area (TPSA) is 89.5 Å². The van der Waals surface area contributed by atoms with Crippen molar-refractivity contribution in [3.05, 3.63) is 59.2 Å². The molecule has 0 aromatic heterocycles. The molecule has 0 saturated heterocycles. The average Bonchev–Trinajstić information content (AvgIpc) is 2.65. The molecule has 0 radical (unpaired) electrons. The van der Waals surface area contributed by atoms with E-state index in [0.717, 1.165) is 12.7 Å². The summed E-state index contributed by atoms with van der Waals surface area (Å²) in [6, 6.07) is 11.7. The summed E-state index contributed by atoms with van der Waals surface area (Å²) in [7, 11) is -3.45. The van der Waals surface area contributed by atoms with E-state index in [0.29, 0.717) is 17.2 Å². The Hall–Kier alpha value is -2.67. The van der Waals surface area contributed by atoms with Crippen LogP contribution in [0.25, 0.3) is 0 Å². The van der Waals surface area contributed by atoms with E-state index in [1.807, 2.05) is 12.1 Å². The third kappa shape index (κ3) is 5.66. The number of anilines is 1. The van der Waals surface area contributed by atoms with E-state index in [2.05, 4.69) is 19.2 Å². The quantitative estimate of drug-likeness (QED) is 0.712. The predicted molar refractivity (Wildman–Crippen MR) is 108 cm³/mol. The minimum atomic E-state index is -3.45. The highest BCUT2D eigenvalue weighted by atomic mass is 32.2. The van der Waals surface area contributed by atoms with E-state index < -0.39 is 28.3 Å². The number of esters is 1. The Morgan fingerprint density at radius 2 is 1.75 bits per heavy atom. The number of hydrogen-bond acceptors (Lipinski definition) is 5. The van der Waals surface area contributed by atoms with Gasteiger partial charge in [-0.25, -0.2) is 13.2 Å². The summed E-state index contributed by atoms with van der Waals surface area (Å²) in [6.07, 6.45) is 2.09. The fraction of sp³-hybridized carbons (Fsp3) is 0.333. The fourth-order valence-corrected chi connectivity index (χ4v) is 3.24. The van der Waals surface area contributed by atoms with Crippen molar-refractivity contribution >= 4 is 27.4 Å². The van der Waals surface area contributed by atoms with Crippen molar-refractivity contribution in [1.82, 2.24) is 0 Å². The predicted octanol–water partition coefficient (Wildman–Crippen LogP) is 3.71. The van der Waals surface area contributed by atoms with Gasteiger partial charge in [-0.2, -0.15) is 0 Å². The summed E-state index contributed by atoms with van der Waals surface area (Å²) in [5.41, 5.74) is 2.49. The van der Waals surface area contributed by atoms with Crippen molar-refractivity contribution < 1.29 is 22.7 Å². The maximum Gasteiger partial charge on any atom is 0.338 e. The zero-order valence-corrected chi connectivity index (χ0v) is 17.3. The van der Waals surface area contributed by atoms with E-state index in [9.17, 15) is 18.0 Å². The molecule has 2 aromatic rings. The smallest absolute Gasteiger partial charge is 0.338 e. The molecule has 0 bridgehead atoms. The monoisotopic (exact) mass is 403 g/mol. The van der Waals surface area contributed by atoms with Gasteiger partial charge in [-0.05, 0) is 54.7 Å². The number of ether oxygens (including phenoxy) is 1. The number of aryl methyl sites for hydroxylation is 1. The van der Waals surface area contributed by atoms with Crippen LogP contribution in [0.3, 0.4) is 0 Å². The molecule has 1 atom stereocenters. The Labute approximate surface area is 165 Å². The Balaban J connectivity index is 1.98. The summed E-state index contributed by atoms with van der Waals surface area (Å²) in [5, 5.41) is 2.67. The molecule has 2 rings (SSSR count). The molecule has 0 spiro atoms. The van der Waals surface area contributed by atoms with Crippen molar-refractivity contribution in [2.24, 2.45) is 0 Å². The van der Waals surface area contributed by atoms with Crippen molar-refractivity contribution in [2.75, 3.05) is 18.2 Å². The number of benzene rings is 2. The standard InChI is InChI=1S/C21H25NO5S/c1-5-14(2)16-7-9-17(10-8-16)22-20(23)13-27-21(24)19-12-18(28(4,25)26)11-6-15(19)3/h6-12,14H,5,13H2,1-4H3,(H,22,23)/t14-/m1/s1. The first-order chi connectivity index (χ1) is 13.1. The molecule has 7 heteroatoms. The van der Waals surface area contributed by atoms with Crippen LogP contribution < -0.4 is 5.32 Å². The maximum atomic E-state index is 12.3. The highest BCUT2D eigenvalue weighted by Gasteiger charge is 2.17. The average molecular weight is 404 g/mol. The first kappa shape index (κ1) is 21.6. The van der Waals surface area contributed by atoms with Crippen LogP contribution in [0.15, 0.2) is 47.4 Å². The largest absolute Gasteiger partial charge is 0.452 e.